The third kappa shape index (κ3) is 6.05. The highest BCUT2D eigenvalue weighted by atomic mass is 32.2. The highest BCUT2D eigenvalue weighted by Gasteiger charge is 2.29. The molecule has 0 radical (unpaired) electrons. The average molecular weight is 521 g/mol. The Bertz CT molecular complexity index is 1340. The predicted molar refractivity (Wildman–Crippen MR) is 127 cm³/mol. The number of hydrogen-bond acceptors (Lipinski definition) is 6. The van der Waals surface area contributed by atoms with Crippen molar-refractivity contribution in [1.29, 1.82) is 0 Å². The quantitative estimate of drug-likeness (QED) is 0.498. The monoisotopic (exact) mass is 520 g/mol. The molecule has 2 N–H and O–H groups in total. The number of hydrogen-bond donors (Lipinski definition) is 2. The van der Waals surface area contributed by atoms with Crippen LogP contribution >= 0.6 is 11.8 Å². The third-order valence-corrected chi connectivity index (χ3v) is 6.41. The molecule has 8 nitrogen and oxygen atoms in total. The molecular weight excluding hydrogens is 497 g/mol. The number of alkyl halides is 3. The summed E-state index contributed by atoms with van der Waals surface area (Å²) in [6, 6.07) is 9.41. The second-order valence-corrected chi connectivity index (χ2v) is 9.33. The number of nitrogens with one attached hydrogen (secondary N) is 2. The first-order valence-corrected chi connectivity index (χ1v) is 12.0. The number of aryl methyl sites for hydroxylation is 1. The summed E-state index contributed by atoms with van der Waals surface area (Å²) in [5.41, 5.74) is -3.45. The van der Waals surface area contributed by atoms with E-state index >= 15 is 0 Å². The first-order chi connectivity index (χ1) is 17.1. The number of fused-ring (bicyclic) bond motifs is 1. The lowest BCUT2D eigenvalue weighted by Crippen LogP contribution is -2.41. The summed E-state index contributed by atoms with van der Waals surface area (Å²) in [5, 5.41) is 5.67. The lowest BCUT2D eigenvalue weighted by atomic mass is 10.1. The minimum absolute atomic E-state index is 0.0156. The Balaban J connectivity index is 1.53. The summed E-state index contributed by atoms with van der Waals surface area (Å²) in [6.07, 6.45) is 1.04. The van der Waals surface area contributed by atoms with E-state index in [1.165, 1.54) is 28.8 Å². The zero-order chi connectivity index (χ0) is 25.9. The number of carbonyl (C=O) groups excluding carboxylic acids is 2. The molecule has 190 valence electrons. The van der Waals surface area contributed by atoms with Crippen LogP contribution in [0.2, 0.25) is 0 Å². The Morgan fingerprint density at radius 2 is 1.97 bits per heavy atom. The number of amides is 2. The first kappa shape index (κ1) is 25.7. The van der Waals surface area contributed by atoms with E-state index < -0.39 is 17.5 Å². The van der Waals surface area contributed by atoms with Crippen molar-refractivity contribution in [3.63, 3.8) is 0 Å². The largest absolute Gasteiger partial charge is 0.446 e. The number of aromatic nitrogens is 2. The molecule has 1 atom stereocenters. The molecule has 4 rings (SSSR count). The number of carbonyl (C=O) groups is 2. The Labute approximate surface area is 208 Å². The molecule has 3 aromatic rings. The standard InChI is InChI=1S/C24H23F3N4O4S/c1-14-30-19-9-4-15(12-28-21(32)16-5-7-17(8-6-16)36-24(25,26)27)11-18(19)23(34)31(14)20-3-2-10-35-13-29-22(20)33/h4-9,11,20H,2-3,10,12-13H2,1H3,(H,28,32)(H,29,33). The normalized spacial score (nSPS) is 16.8. The minimum atomic E-state index is -4.40. The Kier molecular flexibility index (Phi) is 7.65. The van der Waals surface area contributed by atoms with Crippen LogP contribution in [-0.4, -0.2) is 40.2 Å². The second-order valence-electron chi connectivity index (χ2n) is 8.19. The third-order valence-electron chi connectivity index (χ3n) is 5.67. The number of thioether (sulfide) groups is 1. The summed E-state index contributed by atoms with van der Waals surface area (Å²) in [5.74, 6) is -0.363. The highest BCUT2D eigenvalue weighted by Crippen LogP contribution is 2.36. The molecule has 1 unspecified atom stereocenters. The van der Waals surface area contributed by atoms with Gasteiger partial charge in [0.2, 0.25) is 5.91 Å². The van der Waals surface area contributed by atoms with Crippen LogP contribution in [0.15, 0.2) is 52.2 Å². The van der Waals surface area contributed by atoms with Crippen LogP contribution in [0, 0.1) is 6.92 Å². The first-order valence-electron chi connectivity index (χ1n) is 11.1. The van der Waals surface area contributed by atoms with Gasteiger partial charge in [-0.3, -0.25) is 19.0 Å². The van der Waals surface area contributed by atoms with Gasteiger partial charge in [0.15, 0.2) is 0 Å². The maximum Gasteiger partial charge on any atom is 0.446 e. The van der Waals surface area contributed by atoms with Gasteiger partial charge in [-0.2, -0.15) is 13.2 Å². The van der Waals surface area contributed by atoms with E-state index in [0.29, 0.717) is 41.7 Å². The van der Waals surface area contributed by atoms with Gasteiger partial charge in [-0.05, 0) is 73.5 Å². The lowest BCUT2D eigenvalue weighted by Gasteiger charge is -2.23. The van der Waals surface area contributed by atoms with Crippen LogP contribution in [-0.2, 0) is 16.1 Å². The van der Waals surface area contributed by atoms with Gasteiger partial charge < -0.3 is 15.4 Å². The van der Waals surface area contributed by atoms with E-state index in [2.05, 4.69) is 15.6 Å². The molecule has 2 heterocycles. The van der Waals surface area contributed by atoms with Gasteiger partial charge in [0.25, 0.3) is 11.5 Å². The van der Waals surface area contributed by atoms with Crippen LogP contribution < -0.4 is 16.2 Å². The van der Waals surface area contributed by atoms with Crippen molar-refractivity contribution in [1.82, 2.24) is 20.2 Å². The van der Waals surface area contributed by atoms with E-state index in [9.17, 15) is 27.6 Å². The SMILES string of the molecule is Cc1nc2ccc(CNC(=O)c3ccc(SC(F)(F)F)cc3)cc2c(=O)n1C1CCCOCNC1=O. The average Bonchev–Trinajstić information content (AvgIpc) is 2.81. The number of nitrogens with zero attached hydrogens (tertiary/aromatic N) is 2. The fourth-order valence-electron chi connectivity index (χ4n) is 3.99. The van der Waals surface area contributed by atoms with Crippen LogP contribution in [0.3, 0.4) is 0 Å². The zero-order valence-corrected chi connectivity index (χ0v) is 20.0. The fourth-order valence-corrected chi connectivity index (χ4v) is 4.53. The smallest absolute Gasteiger partial charge is 0.361 e. The number of benzene rings is 2. The maximum atomic E-state index is 13.4. The van der Waals surface area contributed by atoms with Gasteiger partial charge in [0, 0.05) is 23.6 Å². The summed E-state index contributed by atoms with van der Waals surface area (Å²) in [6.45, 7) is 2.32. The summed E-state index contributed by atoms with van der Waals surface area (Å²) in [7, 11) is 0. The van der Waals surface area contributed by atoms with Crippen molar-refractivity contribution in [2.75, 3.05) is 13.3 Å². The van der Waals surface area contributed by atoms with Crippen LogP contribution in [0.1, 0.15) is 40.6 Å². The van der Waals surface area contributed by atoms with E-state index in [-0.39, 0.29) is 47.0 Å². The lowest BCUT2D eigenvalue weighted by molar-refractivity contribution is -0.127. The van der Waals surface area contributed by atoms with Crippen molar-refractivity contribution < 1.29 is 27.5 Å². The summed E-state index contributed by atoms with van der Waals surface area (Å²) >= 11 is -0.252. The van der Waals surface area contributed by atoms with Crippen LogP contribution in [0.25, 0.3) is 10.9 Å². The van der Waals surface area contributed by atoms with Gasteiger partial charge in [0.1, 0.15) is 18.6 Å². The molecular formula is C24H23F3N4O4S. The molecule has 0 spiro atoms. The molecule has 0 bridgehead atoms. The molecule has 2 amide bonds. The zero-order valence-electron chi connectivity index (χ0n) is 19.2. The number of rotatable bonds is 5. The van der Waals surface area contributed by atoms with Gasteiger partial charge in [-0.1, -0.05) is 6.07 Å². The molecule has 2 aromatic carbocycles. The predicted octanol–water partition coefficient (Wildman–Crippen LogP) is 3.67. The van der Waals surface area contributed by atoms with Crippen molar-refractivity contribution in [2.45, 2.75) is 42.8 Å². The number of halogens is 3. The molecule has 1 aliphatic heterocycles. The molecule has 1 fully saturated rings. The molecule has 0 aliphatic carbocycles. The minimum Gasteiger partial charge on any atom is -0.361 e. The molecule has 12 heteroatoms. The van der Waals surface area contributed by atoms with Crippen molar-refractivity contribution in [3.8, 4) is 0 Å². The van der Waals surface area contributed by atoms with E-state index in [1.54, 1.807) is 25.1 Å². The van der Waals surface area contributed by atoms with Gasteiger partial charge in [-0.15, -0.1) is 0 Å². The van der Waals surface area contributed by atoms with E-state index in [0.717, 1.165) is 0 Å². The Hall–Kier alpha value is -3.38. The van der Waals surface area contributed by atoms with E-state index in [1.807, 2.05) is 0 Å². The fraction of sp³-hybridized carbons (Fsp3) is 0.333. The molecule has 36 heavy (non-hydrogen) atoms. The van der Waals surface area contributed by atoms with E-state index in [4.69, 9.17) is 4.74 Å². The molecule has 1 aromatic heterocycles. The van der Waals surface area contributed by atoms with Gasteiger partial charge in [-0.25, -0.2) is 4.98 Å². The van der Waals surface area contributed by atoms with Gasteiger partial charge in [0.05, 0.1) is 10.9 Å². The van der Waals surface area contributed by atoms with Crippen molar-refractivity contribution >= 4 is 34.5 Å². The second kappa shape index (κ2) is 10.7. The van der Waals surface area contributed by atoms with Crippen LogP contribution in [0.4, 0.5) is 13.2 Å². The molecule has 0 saturated carbocycles. The molecule has 1 saturated heterocycles. The Morgan fingerprint density at radius 1 is 1.22 bits per heavy atom. The Morgan fingerprint density at radius 3 is 2.69 bits per heavy atom. The highest BCUT2D eigenvalue weighted by molar-refractivity contribution is 8.00. The molecule has 1 aliphatic rings. The number of ether oxygens (including phenoxy) is 1. The summed E-state index contributed by atoms with van der Waals surface area (Å²) < 4.78 is 44.1. The van der Waals surface area contributed by atoms with Gasteiger partial charge >= 0.3 is 5.51 Å². The maximum absolute atomic E-state index is 13.4. The van der Waals surface area contributed by atoms with Crippen LogP contribution in [0.5, 0.6) is 0 Å². The summed E-state index contributed by atoms with van der Waals surface area (Å²) in [4.78, 5) is 42.9. The van der Waals surface area contributed by atoms with Crippen molar-refractivity contribution in [2.24, 2.45) is 0 Å². The van der Waals surface area contributed by atoms with Crippen molar-refractivity contribution in [3.05, 3.63) is 69.8 Å². The topological polar surface area (TPSA) is 102 Å².